The van der Waals surface area contributed by atoms with Gasteiger partial charge in [-0.05, 0) is 60.2 Å². The second kappa shape index (κ2) is 11.1. The minimum atomic E-state index is -0.383. The van der Waals surface area contributed by atoms with E-state index >= 15 is 0 Å². The Morgan fingerprint density at radius 2 is 1.17 bits per heavy atom. The van der Waals surface area contributed by atoms with Gasteiger partial charge in [-0.2, -0.15) is 0 Å². The lowest BCUT2D eigenvalue weighted by Gasteiger charge is -2.47. The number of halogens is 2. The van der Waals surface area contributed by atoms with Gasteiger partial charge in [0.1, 0.15) is 0 Å². The van der Waals surface area contributed by atoms with E-state index < -0.39 is 0 Å². The van der Waals surface area contributed by atoms with E-state index in [9.17, 15) is 0 Å². The molecule has 23 heavy (non-hydrogen) atoms. The summed E-state index contributed by atoms with van der Waals surface area (Å²) in [5.74, 6) is -0.766. The Morgan fingerprint density at radius 1 is 0.696 bits per heavy atom. The van der Waals surface area contributed by atoms with E-state index in [1.165, 1.54) is 60.2 Å². The topological polar surface area (TPSA) is 27.7 Å². The number of hydrogen-bond acceptors (Lipinski definition) is 3. The van der Waals surface area contributed by atoms with Gasteiger partial charge in [-0.1, -0.05) is 45.2 Å². The first-order valence-electron chi connectivity index (χ1n) is 9.34. The maximum absolute atomic E-state index is 6.75. The third-order valence-corrected chi connectivity index (χ3v) is 6.41. The van der Waals surface area contributed by atoms with Gasteiger partial charge >= 0.3 is 0 Å². The quantitative estimate of drug-likeness (QED) is 0.190. The van der Waals surface area contributed by atoms with Crippen molar-refractivity contribution >= 4 is 45.2 Å². The van der Waals surface area contributed by atoms with E-state index in [0.717, 1.165) is 38.9 Å². The highest BCUT2D eigenvalue weighted by molar-refractivity contribution is 14.1. The molecule has 0 saturated carbocycles. The summed E-state index contributed by atoms with van der Waals surface area (Å²) in [6, 6.07) is 0. The number of rotatable bonds is 10. The third-order valence-electron chi connectivity index (χ3n) is 4.89. The van der Waals surface area contributed by atoms with Crippen LogP contribution in [0.15, 0.2) is 0 Å². The van der Waals surface area contributed by atoms with E-state index in [2.05, 4.69) is 45.2 Å². The van der Waals surface area contributed by atoms with Crippen molar-refractivity contribution in [3.63, 3.8) is 0 Å². The van der Waals surface area contributed by atoms with Crippen LogP contribution in [0.2, 0.25) is 0 Å². The van der Waals surface area contributed by atoms with Crippen LogP contribution in [0.1, 0.15) is 77.0 Å². The van der Waals surface area contributed by atoms with Crippen molar-refractivity contribution in [3.05, 3.63) is 0 Å². The van der Waals surface area contributed by atoms with Crippen LogP contribution in [0.3, 0.4) is 0 Å². The predicted molar refractivity (Wildman–Crippen MR) is 112 cm³/mol. The number of unbranched alkanes of at least 4 members (excludes halogenated alkanes) is 2. The normalized spacial score (nSPS) is 32.1. The largest absolute Gasteiger partial charge is 0.350 e. The Bertz CT molecular complexity index is 283. The first-order valence-corrected chi connectivity index (χ1v) is 12.4. The Kier molecular flexibility index (Phi) is 10.00. The molecule has 0 bridgehead atoms. The summed E-state index contributed by atoms with van der Waals surface area (Å²) in [6.45, 7) is 1.68. The number of hydrogen-bond donors (Lipinski definition) is 0. The highest BCUT2D eigenvalue weighted by Crippen LogP contribution is 2.41. The molecule has 2 aliphatic rings. The standard InChI is InChI=1S/C18H32I2O3/c19-13-5-1-9-17(11-3-7-15-21-17)23-18(10-2-6-14-20)12-4-8-16-22-18/h1-16H2. The molecular formula is C18H32I2O3. The van der Waals surface area contributed by atoms with Crippen molar-refractivity contribution in [2.45, 2.75) is 88.6 Å². The van der Waals surface area contributed by atoms with Gasteiger partial charge in [0.25, 0.3) is 0 Å². The van der Waals surface area contributed by atoms with Crippen LogP contribution in [0.4, 0.5) is 0 Å². The molecule has 0 aromatic rings. The first kappa shape index (κ1) is 20.6. The van der Waals surface area contributed by atoms with Gasteiger partial charge in [0.2, 0.25) is 0 Å². The van der Waals surface area contributed by atoms with Crippen LogP contribution in [-0.2, 0) is 14.2 Å². The Balaban J connectivity index is 2.02. The molecule has 2 fully saturated rings. The van der Waals surface area contributed by atoms with E-state index in [1.54, 1.807) is 0 Å². The van der Waals surface area contributed by atoms with E-state index in [0.29, 0.717) is 0 Å². The first-order chi connectivity index (χ1) is 11.2. The molecule has 0 radical (unpaired) electrons. The van der Waals surface area contributed by atoms with Crippen molar-refractivity contribution in [1.29, 1.82) is 0 Å². The van der Waals surface area contributed by atoms with Crippen LogP contribution in [0.5, 0.6) is 0 Å². The van der Waals surface area contributed by atoms with Crippen molar-refractivity contribution in [2.24, 2.45) is 0 Å². The zero-order valence-electron chi connectivity index (χ0n) is 14.3. The SMILES string of the molecule is ICCCCC1(OC2(CCCCI)CCCCO2)CCCCO1. The lowest BCUT2D eigenvalue weighted by Crippen LogP contribution is -2.51. The molecular weight excluding hydrogens is 518 g/mol. The van der Waals surface area contributed by atoms with Gasteiger partial charge in [0.05, 0.1) is 13.2 Å². The summed E-state index contributed by atoms with van der Waals surface area (Å²) in [6.07, 6.45) is 13.7. The molecule has 0 spiro atoms. The molecule has 5 heteroatoms. The average molecular weight is 550 g/mol. The molecule has 0 amide bonds. The maximum atomic E-state index is 6.75. The van der Waals surface area contributed by atoms with Crippen molar-refractivity contribution < 1.29 is 14.2 Å². The smallest absolute Gasteiger partial charge is 0.171 e. The highest BCUT2D eigenvalue weighted by atomic mass is 127. The van der Waals surface area contributed by atoms with E-state index in [4.69, 9.17) is 14.2 Å². The van der Waals surface area contributed by atoms with Gasteiger partial charge in [-0.25, -0.2) is 0 Å². The fourth-order valence-electron chi connectivity index (χ4n) is 3.63. The lowest BCUT2D eigenvalue weighted by molar-refractivity contribution is -0.380. The average Bonchev–Trinajstić information content (AvgIpc) is 2.57. The molecule has 2 aliphatic heterocycles. The fraction of sp³-hybridized carbons (Fsp3) is 1.00. The molecule has 2 heterocycles. The molecule has 0 N–H and O–H groups in total. The van der Waals surface area contributed by atoms with Crippen molar-refractivity contribution in [3.8, 4) is 0 Å². The molecule has 2 unspecified atom stereocenters. The molecule has 0 aromatic carbocycles. The lowest BCUT2D eigenvalue weighted by atomic mass is 9.95. The molecule has 0 aliphatic carbocycles. The zero-order chi connectivity index (χ0) is 16.4. The van der Waals surface area contributed by atoms with Gasteiger partial charge in [-0.15, -0.1) is 0 Å². The Morgan fingerprint density at radius 3 is 1.52 bits per heavy atom. The summed E-state index contributed by atoms with van der Waals surface area (Å²) in [5, 5.41) is 0. The number of ether oxygens (including phenoxy) is 3. The van der Waals surface area contributed by atoms with Crippen LogP contribution in [-0.4, -0.2) is 33.6 Å². The minimum Gasteiger partial charge on any atom is -0.350 e. The van der Waals surface area contributed by atoms with E-state index in [1.807, 2.05) is 0 Å². The minimum absolute atomic E-state index is 0.383. The second-order valence-corrected chi connectivity index (χ2v) is 8.98. The summed E-state index contributed by atoms with van der Waals surface area (Å²) in [7, 11) is 0. The molecule has 3 nitrogen and oxygen atoms in total. The van der Waals surface area contributed by atoms with Gasteiger partial charge in [-0.3, -0.25) is 0 Å². The van der Waals surface area contributed by atoms with Crippen molar-refractivity contribution in [1.82, 2.24) is 0 Å². The van der Waals surface area contributed by atoms with Gasteiger partial charge < -0.3 is 14.2 Å². The molecule has 2 saturated heterocycles. The van der Waals surface area contributed by atoms with Crippen LogP contribution >= 0.6 is 45.2 Å². The maximum Gasteiger partial charge on any atom is 0.171 e. The van der Waals surface area contributed by atoms with E-state index in [-0.39, 0.29) is 11.6 Å². The van der Waals surface area contributed by atoms with Crippen molar-refractivity contribution in [2.75, 3.05) is 22.1 Å². The summed E-state index contributed by atoms with van der Waals surface area (Å²) >= 11 is 4.92. The van der Waals surface area contributed by atoms with Gasteiger partial charge in [0.15, 0.2) is 11.6 Å². The molecule has 0 aromatic heterocycles. The van der Waals surface area contributed by atoms with Crippen LogP contribution in [0.25, 0.3) is 0 Å². The Labute approximate surface area is 169 Å². The molecule has 2 atom stereocenters. The van der Waals surface area contributed by atoms with Gasteiger partial charge in [0, 0.05) is 25.7 Å². The second-order valence-electron chi connectivity index (χ2n) is 6.83. The Hall–Kier alpha value is 1.34. The monoisotopic (exact) mass is 550 g/mol. The number of alkyl halides is 2. The molecule has 136 valence electrons. The fourth-order valence-corrected chi connectivity index (χ4v) is 4.71. The summed E-state index contributed by atoms with van der Waals surface area (Å²) < 4.78 is 21.7. The highest BCUT2D eigenvalue weighted by Gasteiger charge is 2.44. The van der Waals surface area contributed by atoms with Crippen LogP contribution < -0.4 is 0 Å². The third kappa shape index (κ3) is 6.87. The summed E-state index contributed by atoms with van der Waals surface area (Å²) in [4.78, 5) is 0. The van der Waals surface area contributed by atoms with Crippen LogP contribution in [0, 0.1) is 0 Å². The molecule has 2 rings (SSSR count). The zero-order valence-corrected chi connectivity index (χ0v) is 18.6. The predicted octanol–water partition coefficient (Wildman–Crippen LogP) is 6.01. The summed E-state index contributed by atoms with van der Waals surface area (Å²) in [5.41, 5.74) is 0.